The van der Waals surface area contributed by atoms with E-state index in [0.29, 0.717) is 5.84 Å². The van der Waals surface area contributed by atoms with Gasteiger partial charge in [-0.05, 0) is 160 Å². The van der Waals surface area contributed by atoms with Gasteiger partial charge in [-0.3, -0.25) is 5.32 Å². The van der Waals surface area contributed by atoms with Gasteiger partial charge in [-0.2, -0.15) is 0 Å². The molecule has 0 spiro atoms. The fraction of sp³-hybridized carbons (Fsp3) is 0.0882. The first kappa shape index (κ1) is 65.2. The normalized spacial score (nSPS) is 17.9. The zero-order chi connectivity index (χ0) is 74.6. The molecule has 3 aliphatic carbocycles. The van der Waals surface area contributed by atoms with Gasteiger partial charge in [0.1, 0.15) is 40.8 Å². The van der Waals surface area contributed by atoms with E-state index in [-0.39, 0.29) is 30.3 Å². The summed E-state index contributed by atoms with van der Waals surface area (Å²) in [7, 11) is 0. The number of nitrogens with zero attached hydrogens (tertiary/aromatic N) is 5. The summed E-state index contributed by atoms with van der Waals surface area (Å²) in [6, 6.07) is 105. The van der Waals surface area contributed by atoms with Crippen LogP contribution in [0, 0.1) is 5.92 Å². The lowest BCUT2D eigenvalue weighted by Gasteiger charge is -2.35. The van der Waals surface area contributed by atoms with Crippen molar-refractivity contribution in [2.75, 3.05) is 0 Å². The first-order valence-electron chi connectivity index (χ1n) is 39.4. The Kier molecular flexibility index (Phi) is 14.9. The minimum Gasteiger partial charge on any atom is -0.456 e. The molecule has 3 N–H and O–H groups in total. The van der Waals surface area contributed by atoms with Crippen molar-refractivity contribution >= 4 is 160 Å². The predicted molar refractivity (Wildman–Crippen MR) is 473 cm³/mol. The molecule has 10 nitrogen and oxygen atoms in total. The van der Waals surface area contributed by atoms with E-state index in [1.54, 1.807) is 0 Å². The second-order valence-electron chi connectivity index (χ2n) is 30.8. The molecule has 0 saturated heterocycles. The topological polar surface area (TPSA) is 109 Å². The lowest BCUT2D eigenvalue weighted by atomic mass is 9.86. The largest absolute Gasteiger partial charge is 0.456 e. The highest BCUT2D eigenvalue weighted by Crippen LogP contribution is 2.46. The number of thiophene rings is 2. The minimum absolute atomic E-state index is 0.0110. The SMILES string of the molecule is C1=Cc2c(n(-c3ccc4c(c3)oc3ccc(-c5ccc6c(c5)sc5ccc(C7N=C(c8ccccc8)N=C(c8ccc(C9C=Cc%10c(c%11ccccc%11n%10-c%10cccc%11c%10oc%10ccc(-c%12ccc%13c%14c(sc%13c%12)=CCC(C%12NC(c%13ccccc%13)=NC(c%13ccccc%13)N%12)C=%14)cc%10%11)C9)cc8)N7)cc56)cc34)c3ccccc23)CC1. The maximum atomic E-state index is 6.99. The fourth-order valence-electron chi connectivity index (χ4n) is 18.7. The number of nitrogens with one attached hydrogen (secondary N) is 3. The lowest BCUT2D eigenvalue weighted by Crippen LogP contribution is -2.55. The first-order valence-corrected chi connectivity index (χ1v) is 41.1. The molecule has 0 radical (unpaired) electrons. The maximum absolute atomic E-state index is 6.99. The highest BCUT2D eigenvalue weighted by Gasteiger charge is 2.32. The summed E-state index contributed by atoms with van der Waals surface area (Å²) in [4.78, 5) is 15.8. The first-order chi connectivity index (χ1) is 56.4. The van der Waals surface area contributed by atoms with Crippen molar-refractivity contribution in [3.63, 3.8) is 0 Å². The number of aromatic nitrogens is 2. The van der Waals surface area contributed by atoms with Gasteiger partial charge in [-0.1, -0.05) is 237 Å². The van der Waals surface area contributed by atoms with Gasteiger partial charge in [0.2, 0.25) is 0 Å². The van der Waals surface area contributed by atoms with E-state index in [2.05, 4.69) is 347 Å². The third-order valence-corrected chi connectivity index (χ3v) is 26.6. The van der Waals surface area contributed by atoms with Crippen molar-refractivity contribution in [1.29, 1.82) is 0 Å². The van der Waals surface area contributed by atoms with Gasteiger partial charge in [0.15, 0.2) is 11.4 Å². The Balaban J connectivity index is 0.493. The number of amidine groups is 3. The van der Waals surface area contributed by atoms with Crippen LogP contribution in [-0.4, -0.2) is 32.8 Å². The molecule has 6 aromatic heterocycles. The number of para-hydroxylation sites is 3. The van der Waals surface area contributed by atoms with Crippen LogP contribution in [0.5, 0.6) is 0 Å². The van der Waals surface area contributed by atoms with E-state index in [4.69, 9.17) is 23.8 Å². The molecule has 19 aromatic rings. The molecule has 0 fully saturated rings. The van der Waals surface area contributed by atoms with Gasteiger partial charge in [0, 0.05) is 124 Å². The molecular weight excluding hydrogens is 1430 g/mol. The molecule has 2 aliphatic heterocycles. The zero-order valence-corrected chi connectivity index (χ0v) is 63.4. The molecule has 12 heteroatoms. The molecule has 8 heterocycles. The van der Waals surface area contributed by atoms with Crippen molar-refractivity contribution in [3.05, 3.63) is 369 Å². The number of aliphatic imine (C=N–C) groups is 3. The molecule has 13 aromatic carbocycles. The van der Waals surface area contributed by atoms with E-state index >= 15 is 0 Å². The molecule has 0 saturated carbocycles. The molecule has 5 aliphatic rings. The van der Waals surface area contributed by atoms with Crippen LogP contribution in [0.2, 0.25) is 0 Å². The quantitative estimate of drug-likeness (QED) is 0.120. The molecule has 0 amide bonds. The predicted octanol–water partition coefficient (Wildman–Crippen LogP) is 23.3. The van der Waals surface area contributed by atoms with Gasteiger partial charge in [-0.15, -0.1) is 22.7 Å². The van der Waals surface area contributed by atoms with Crippen LogP contribution in [-0.2, 0) is 12.8 Å². The van der Waals surface area contributed by atoms with Crippen LogP contribution in [0.3, 0.4) is 0 Å². The highest BCUT2D eigenvalue weighted by atomic mass is 32.1. The molecule has 0 bridgehead atoms. The van der Waals surface area contributed by atoms with E-state index in [9.17, 15) is 0 Å². The number of hydrogen-bond donors (Lipinski definition) is 3. The van der Waals surface area contributed by atoms with Crippen LogP contribution in [0.25, 0.3) is 154 Å². The van der Waals surface area contributed by atoms with Crippen LogP contribution < -0.4 is 25.7 Å². The monoisotopic (exact) mass is 1500 g/mol. The second-order valence-corrected chi connectivity index (χ2v) is 33.0. The molecule has 542 valence electrons. The van der Waals surface area contributed by atoms with Crippen molar-refractivity contribution in [2.24, 2.45) is 20.9 Å². The van der Waals surface area contributed by atoms with Crippen LogP contribution in [0.4, 0.5) is 0 Å². The summed E-state index contributed by atoms with van der Waals surface area (Å²) in [5.74, 6) is 2.77. The van der Waals surface area contributed by atoms with Gasteiger partial charge >= 0.3 is 0 Å². The number of furan rings is 2. The average molecular weight is 1500 g/mol. The Morgan fingerprint density at radius 2 is 1.10 bits per heavy atom. The fourth-order valence-corrected chi connectivity index (χ4v) is 21.0. The summed E-state index contributed by atoms with van der Waals surface area (Å²) in [6.45, 7) is 0. The number of fused-ring (bicyclic) bond motifs is 18. The summed E-state index contributed by atoms with van der Waals surface area (Å²) in [6.07, 6.45) is 17.5. The van der Waals surface area contributed by atoms with Crippen LogP contribution >= 0.6 is 22.7 Å². The Hall–Kier alpha value is -13.5. The summed E-state index contributed by atoms with van der Waals surface area (Å²) in [5.41, 5.74) is 24.5. The van der Waals surface area contributed by atoms with Crippen molar-refractivity contribution in [3.8, 4) is 33.6 Å². The Morgan fingerprint density at radius 1 is 0.430 bits per heavy atom. The van der Waals surface area contributed by atoms with Gasteiger partial charge in [0.25, 0.3) is 0 Å². The number of allylic oxidation sites excluding steroid dienone is 2. The van der Waals surface area contributed by atoms with Crippen molar-refractivity contribution in [2.45, 2.75) is 50.1 Å². The molecule has 114 heavy (non-hydrogen) atoms. The summed E-state index contributed by atoms with van der Waals surface area (Å²) >= 11 is 3.72. The van der Waals surface area contributed by atoms with E-state index in [1.807, 2.05) is 28.7 Å². The van der Waals surface area contributed by atoms with Gasteiger partial charge in [-0.25, -0.2) is 15.0 Å². The minimum atomic E-state index is -0.375. The Bertz CT molecular complexity index is 7550. The molecule has 5 atom stereocenters. The van der Waals surface area contributed by atoms with Crippen molar-refractivity contribution in [1.82, 2.24) is 25.1 Å². The molecular formula is C102H70N8O2S2. The number of rotatable bonds is 11. The Labute approximate surface area is 663 Å². The smallest absolute Gasteiger partial charge is 0.159 e. The highest BCUT2D eigenvalue weighted by molar-refractivity contribution is 7.25. The second kappa shape index (κ2) is 26.1. The standard InChI is InChI=1S/C102H70N8O2S2/c1-4-17-60(18-5-1)97-103-98(61-19-6-2-7-20-61)106-101(105-97)69-40-49-92-82(54-69)77-44-36-68(57-95(77)114-92)66-39-48-90-81(53-66)78-26-16-30-88(96(78)112-90)110-86-29-15-12-25-74(86)79-51-64(37-46-87(79)110)59-31-33-63(34-32-59)100-104-99(62-21-8-3-9-22-62)107-102(108-100)70-41-50-93-83(55-70)76-43-35-67(56-94(76)113-93)65-38-47-89-80(52-65)75-45-42-71(58-91(75)111-89)109-84-27-13-10-23-72(84)73-24-11-14-28-85(73)109/h1-13,15-27,29-39,41-50,52-58,64,69,97,101-102,105H,14,28,40,51H2,(H,103,106)(H,104,107,108). The number of benzene rings is 13. The van der Waals surface area contributed by atoms with E-state index in [1.165, 1.54) is 95.5 Å². The zero-order valence-electron chi connectivity index (χ0n) is 61.8. The maximum Gasteiger partial charge on any atom is 0.159 e. The molecule has 24 rings (SSSR count). The molecule has 5 unspecified atom stereocenters. The lowest BCUT2D eigenvalue weighted by molar-refractivity contribution is 0.342. The van der Waals surface area contributed by atoms with Crippen LogP contribution in [0.15, 0.2) is 327 Å². The van der Waals surface area contributed by atoms with Gasteiger partial charge < -0.3 is 28.6 Å². The van der Waals surface area contributed by atoms with E-state index < -0.39 is 0 Å². The van der Waals surface area contributed by atoms with E-state index in [0.717, 1.165) is 137 Å². The van der Waals surface area contributed by atoms with Crippen LogP contribution in [0.1, 0.15) is 87.0 Å². The number of hydrogen-bond acceptors (Lipinski definition) is 10. The summed E-state index contributed by atoms with van der Waals surface area (Å²) in [5, 5.41) is 23.5. The van der Waals surface area contributed by atoms with Crippen molar-refractivity contribution < 1.29 is 8.83 Å². The summed E-state index contributed by atoms with van der Waals surface area (Å²) < 4.78 is 23.6. The third kappa shape index (κ3) is 10.7. The Morgan fingerprint density at radius 3 is 1.91 bits per heavy atom. The third-order valence-electron chi connectivity index (χ3n) is 24.3. The van der Waals surface area contributed by atoms with Gasteiger partial charge in [0.05, 0.1) is 22.9 Å². The average Bonchev–Trinajstić information content (AvgIpc) is 1.56.